The van der Waals surface area contributed by atoms with Crippen molar-refractivity contribution in [1.29, 1.82) is 0 Å². The summed E-state index contributed by atoms with van der Waals surface area (Å²) in [4.78, 5) is 15.7. The van der Waals surface area contributed by atoms with Crippen molar-refractivity contribution in [3.05, 3.63) is 42.5 Å². The van der Waals surface area contributed by atoms with Crippen LogP contribution < -0.4 is 5.32 Å². The fourth-order valence-corrected chi connectivity index (χ4v) is 4.01. The zero-order valence-corrected chi connectivity index (χ0v) is 14.4. The lowest BCUT2D eigenvalue weighted by molar-refractivity contribution is -0.118. The fraction of sp³-hybridized carbons (Fsp3) is 0.421. The van der Waals surface area contributed by atoms with E-state index in [9.17, 15) is 4.79 Å². The van der Waals surface area contributed by atoms with Gasteiger partial charge in [0.25, 0.3) is 0 Å². The fourth-order valence-electron chi connectivity index (χ4n) is 3.23. The molecule has 1 heterocycles. The number of benzene rings is 2. The molecule has 0 unspecified atom stereocenters. The number of hydrogen-bond donors (Lipinski definition) is 1. The third-order valence-electron chi connectivity index (χ3n) is 4.53. The highest BCUT2D eigenvalue weighted by atomic mass is 32.2. The quantitative estimate of drug-likeness (QED) is 0.823. The van der Waals surface area contributed by atoms with Crippen molar-refractivity contribution in [2.24, 2.45) is 0 Å². The first-order valence-electron chi connectivity index (χ1n) is 8.38. The molecule has 3 rings (SSSR count). The van der Waals surface area contributed by atoms with Gasteiger partial charge in [0.2, 0.25) is 5.91 Å². The molecule has 2 aromatic rings. The number of thioether (sulfide) groups is 1. The Hall–Kier alpha value is -1.52. The van der Waals surface area contributed by atoms with Crippen LogP contribution in [0, 0.1) is 0 Å². The van der Waals surface area contributed by atoms with Crippen LogP contribution in [-0.2, 0) is 4.79 Å². The van der Waals surface area contributed by atoms with Gasteiger partial charge in [0.15, 0.2) is 0 Å². The average Bonchev–Trinajstić information content (AvgIpc) is 3.05. The first kappa shape index (κ1) is 16.3. The molecule has 1 atom stereocenters. The molecule has 1 aliphatic rings. The molecule has 0 aliphatic carbocycles. The molecule has 0 spiro atoms. The zero-order valence-electron chi connectivity index (χ0n) is 13.6. The van der Waals surface area contributed by atoms with E-state index in [2.05, 4.69) is 47.5 Å². The van der Waals surface area contributed by atoms with Crippen LogP contribution >= 0.6 is 11.8 Å². The third kappa shape index (κ3) is 4.27. The monoisotopic (exact) mass is 328 g/mol. The molecular formula is C19H24N2OS. The summed E-state index contributed by atoms with van der Waals surface area (Å²) in [7, 11) is 0. The highest BCUT2D eigenvalue weighted by molar-refractivity contribution is 8.00. The van der Waals surface area contributed by atoms with E-state index >= 15 is 0 Å². The van der Waals surface area contributed by atoms with Gasteiger partial charge in [-0.05, 0) is 48.8 Å². The number of nitrogens with one attached hydrogen (secondary N) is 1. The summed E-state index contributed by atoms with van der Waals surface area (Å²) >= 11 is 1.61. The van der Waals surface area contributed by atoms with E-state index in [1.165, 1.54) is 30.2 Å². The SMILES string of the molecule is CCN1CCC[C@@H]1CNC(=O)CSc1ccc2ccccc2c1. The topological polar surface area (TPSA) is 32.3 Å². The number of hydrogen-bond acceptors (Lipinski definition) is 3. The van der Waals surface area contributed by atoms with Gasteiger partial charge in [0.05, 0.1) is 5.75 Å². The molecule has 3 nitrogen and oxygen atoms in total. The molecule has 1 amide bonds. The lowest BCUT2D eigenvalue weighted by Gasteiger charge is -2.22. The normalized spacial score (nSPS) is 18.4. The van der Waals surface area contributed by atoms with Crippen molar-refractivity contribution in [1.82, 2.24) is 10.2 Å². The van der Waals surface area contributed by atoms with E-state index in [4.69, 9.17) is 0 Å². The maximum atomic E-state index is 12.1. The molecule has 0 aromatic heterocycles. The standard InChI is InChI=1S/C19H24N2OS/c1-2-21-11-5-8-17(21)13-20-19(22)14-23-18-10-9-15-6-3-4-7-16(15)12-18/h3-4,6-7,9-10,12,17H,2,5,8,11,13-14H2,1H3,(H,20,22)/t17-/m1/s1. The zero-order chi connectivity index (χ0) is 16.1. The van der Waals surface area contributed by atoms with E-state index in [0.717, 1.165) is 18.0 Å². The number of nitrogens with zero attached hydrogens (tertiary/aromatic N) is 1. The molecule has 0 radical (unpaired) electrons. The maximum Gasteiger partial charge on any atom is 0.230 e. The molecule has 4 heteroatoms. The number of amides is 1. The lowest BCUT2D eigenvalue weighted by atomic mass is 10.1. The minimum Gasteiger partial charge on any atom is -0.354 e. The Morgan fingerprint density at radius 1 is 1.26 bits per heavy atom. The van der Waals surface area contributed by atoms with Crippen molar-refractivity contribution in [2.45, 2.75) is 30.7 Å². The van der Waals surface area contributed by atoms with Gasteiger partial charge in [-0.3, -0.25) is 9.69 Å². The lowest BCUT2D eigenvalue weighted by Crippen LogP contribution is -2.40. The Morgan fingerprint density at radius 2 is 2.09 bits per heavy atom. The largest absolute Gasteiger partial charge is 0.354 e. The second kappa shape index (κ2) is 7.84. The summed E-state index contributed by atoms with van der Waals surface area (Å²) < 4.78 is 0. The molecule has 1 N–H and O–H groups in total. The number of fused-ring (bicyclic) bond motifs is 1. The van der Waals surface area contributed by atoms with Gasteiger partial charge in [0.1, 0.15) is 0 Å². The smallest absolute Gasteiger partial charge is 0.230 e. The predicted molar refractivity (Wildman–Crippen MR) is 98.0 cm³/mol. The number of likely N-dealkylation sites (tertiary alicyclic amines) is 1. The Labute approximate surface area is 142 Å². The van der Waals surface area contributed by atoms with E-state index in [-0.39, 0.29) is 5.91 Å². The Kier molecular flexibility index (Phi) is 5.57. The van der Waals surface area contributed by atoms with Gasteiger partial charge in [-0.1, -0.05) is 37.3 Å². The summed E-state index contributed by atoms with van der Waals surface area (Å²) in [5, 5.41) is 5.56. The Balaban J connectivity index is 1.48. The molecule has 0 saturated carbocycles. The number of carbonyl (C=O) groups is 1. The maximum absolute atomic E-state index is 12.1. The summed E-state index contributed by atoms with van der Waals surface area (Å²) in [6.07, 6.45) is 2.45. The predicted octanol–water partition coefficient (Wildman–Crippen LogP) is 3.53. The molecular weight excluding hydrogens is 304 g/mol. The van der Waals surface area contributed by atoms with Gasteiger partial charge in [-0.25, -0.2) is 0 Å². The van der Waals surface area contributed by atoms with Crippen LogP contribution in [0.15, 0.2) is 47.4 Å². The van der Waals surface area contributed by atoms with E-state index in [0.29, 0.717) is 11.8 Å². The third-order valence-corrected chi connectivity index (χ3v) is 5.52. The van der Waals surface area contributed by atoms with Crippen LogP contribution in [0.5, 0.6) is 0 Å². The van der Waals surface area contributed by atoms with Crippen LogP contribution in [0.4, 0.5) is 0 Å². The summed E-state index contributed by atoms with van der Waals surface area (Å²) in [6.45, 7) is 5.22. The molecule has 0 bridgehead atoms. The van der Waals surface area contributed by atoms with Crippen LogP contribution in [0.2, 0.25) is 0 Å². The van der Waals surface area contributed by atoms with Crippen molar-refractivity contribution in [3.8, 4) is 0 Å². The summed E-state index contributed by atoms with van der Waals surface area (Å²) in [5.41, 5.74) is 0. The van der Waals surface area contributed by atoms with Gasteiger partial charge >= 0.3 is 0 Å². The van der Waals surface area contributed by atoms with E-state index in [1.807, 2.05) is 12.1 Å². The van der Waals surface area contributed by atoms with Gasteiger partial charge in [-0.2, -0.15) is 0 Å². The molecule has 2 aromatic carbocycles. The summed E-state index contributed by atoms with van der Waals surface area (Å²) in [5.74, 6) is 0.614. The Morgan fingerprint density at radius 3 is 2.91 bits per heavy atom. The van der Waals surface area contributed by atoms with E-state index in [1.54, 1.807) is 11.8 Å². The van der Waals surface area contributed by atoms with Crippen molar-refractivity contribution in [2.75, 3.05) is 25.4 Å². The number of rotatable bonds is 6. The van der Waals surface area contributed by atoms with Crippen molar-refractivity contribution < 1.29 is 4.79 Å². The number of carbonyl (C=O) groups excluding carboxylic acids is 1. The van der Waals surface area contributed by atoms with Crippen LogP contribution in [0.1, 0.15) is 19.8 Å². The summed E-state index contributed by atoms with van der Waals surface area (Å²) in [6, 6.07) is 15.2. The van der Waals surface area contributed by atoms with Gasteiger partial charge in [-0.15, -0.1) is 11.8 Å². The van der Waals surface area contributed by atoms with Crippen molar-refractivity contribution in [3.63, 3.8) is 0 Å². The molecule has 122 valence electrons. The van der Waals surface area contributed by atoms with E-state index < -0.39 is 0 Å². The second-order valence-electron chi connectivity index (χ2n) is 6.03. The van der Waals surface area contributed by atoms with Gasteiger partial charge < -0.3 is 5.32 Å². The second-order valence-corrected chi connectivity index (χ2v) is 7.08. The van der Waals surface area contributed by atoms with Gasteiger partial charge in [0, 0.05) is 17.5 Å². The number of likely N-dealkylation sites (N-methyl/N-ethyl adjacent to an activating group) is 1. The molecule has 1 saturated heterocycles. The Bertz CT molecular complexity index is 673. The highest BCUT2D eigenvalue weighted by Crippen LogP contribution is 2.23. The van der Waals surface area contributed by atoms with Crippen molar-refractivity contribution >= 4 is 28.4 Å². The van der Waals surface area contributed by atoms with Crippen LogP contribution in [0.25, 0.3) is 10.8 Å². The molecule has 1 aliphatic heterocycles. The minimum atomic E-state index is 0.131. The minimum absolute atomic E-state index is 0.131. The van der Waals surface area contributed by atoms with Crippen LogP contribution in [-0.4, -0.2) is 42.2 Å². The first-order chi connectivity index (χ1) is 11.3. The highest BCUT2D eigenvalue weighted by Gasteiger charge is 2.22. The molecule has 1 fully saturated rings. The van der Waals surface area contributed by atoms with Crippen LogP contribution in [0.3, 0.4) is 0 Å². The first-order valence-corrected chi connectivity index (χ1v) is 9.37. The molecule has 23 heavy (non-hydrogen) atoms. The average molecular weight is 328 g/mol.